The molecule has 0 unspecified atom stereocenters. The van der Waals surface area contributed by atoms with Gasteiger partial charge in [0.25, 0.3) is 11.8 Å². The van der Waals surface area contributed by atoms with Crippen molar-refractivity contribution in [1.29, 1.82) is 0 Å². The van der Waals surface area contributed by atoms with E-state index >= 15 is 0 Å². The third-order valence-corrected chi connectivity index (χ3v) is 6.53. The number of nitrogens with one attached hydrogen (secondary N) is 2. The van der Waals surface area contributed by atoms with Crippen LogP contribution in [0.15, 0.2) is 93.9 Å². The smallest absolute Gasteiger partial charge is 0.255 e. The Morgan fingerprint density at radius 2 is 0.973 bits per heavy atom. The minimum absolute atomic E-state index is 0.239. The van der Waals surface area contributed by atoms with Crippen LogP contribution in [0.4, 0.5) is 11.4 Å². The molecule has 0 heterocycles. The minimum Gasteiger partial charge on any atom is -0.496 e. The van der Waals surface area contributed by atoms with Crippen LogP contribution >= 0.6 is 31.9 Å². The van der Waals surface area contributed by atoms with Crippen molar-refractivity contribution in [2.45, 2.75) is 0 Å². The molecule has 0 aliphatic heterocycles. The van der Waals surface area contributed by atoms with Gasteiger partial charge in [0, 0.05) is 22.5 Å². The molecule has 0 spiro atoms. The van der Waals surface area contributed by atoms with Gasteiger partial charge in [0.1, 0.15) is 23.0 Å². The summed E-state index contributed by atoms with van der Waals surface area (Å²) in [6, 6.07) is 24.3. The van der Waals surface area contributed by atoms with E-state index < -0.39 is 0 Å². The Balaban J connectivity index is 1.33. The molecule has 9 heteroatoms. The Labute approximate surface area is 231 Å². The molecule has 0 aliphatic carbocycles. The normalized spacial score (nSPS) is 10.4. The van der Waals surface area contributed by atoms with Crippen molar-refractivity contribution in [1.82, 2.24) is 0 Å². The zero-order valence-corrected chi connectivity index (χ0v) is 23.1. The summed E-state index contributed by atoms with van der Waals surface area (Å²) in [6.45, 7) is 0. The lowest BCUT2D eigenvalue weighted by Gasteiger charge is -2.10. The average molecular weight is 626 g/mol. The predicted octanol–water partition coefficient (Wildman–Crippen LogP) is 7.53. The van der Waals surface area contributed by atoms with Crippen LogP contribution in [-0.4, -0.2) is 26.0 Å². The maximum atomic E-state index is 12.5. The van der Waals surface area contributed by atoms with Crippen molar-refractivity contribution in [2.75, 3.05) is 24.9 Å². The van der Waals surface area contributed by atoms with Gasteiger partial charge in [0.2, 0.25) is 0 Å². The summed E-state index contributed by atoms with van der Waals surface area (Å²) in [4.78, 5) is 25.1. The van der Waals surface area contributed by atoms with Gasteiger partial charge in [0.15, 0.2) is 0 Å². The molecule has 37 heavy (non-hydrogen) atoms. The molecule has 0 aromatic heterocycles. The van der Waals surface area contributed by atoms with E-state index in [-0.39, 0.29) is 11.8 Å². The zero-order valence-electron chi connectivity index (χ0n) is 19.9. The highest BCUT2D eigenvalue weighted by atomic mass is 79.9. The summed E-state index contributed by atoms with van der Waals surface area (Å²) in [6.07, 6.45) is 0. The first-order chi connectivity index (χ1) is 17.9. The Bertz CT molecular complexity index is 1310. The summed E-state index contributed by atoms with van der Waals surface area (Å²) < 4.78 is 17.7. The van der Waals surface area contributed by atoms with Crippen LogP contribution in [0.3, 0.4) is 0 Å². The van der Waals surface area contributed by atoms with E-state index in [9.17, 15) is 9.59 Å². The van der Waals surface area contributed by atoms with Crippen molar-refractivity contribution in [3.63, 3.8) is 0 Å². The predicted molar refractivity (Wildman–Crippen MR) is 150 cm³/mol. The summed E-state index contributed by atoms with van der Waals surface area (Å²) in [5.74, 6) is 2.03. The molecule has 0 radical (unpaired) electrons. The lowest BCUT2D eigenvalue weighted by molar-refractivity contribution is 0.101. The third kappa shape index (κ3) is 6.69. The number of rotatable bonds is 8. The first-order valence-electron chi connectivity index (χ1n) is 11.0. The van der Waals surface area contributed by atoms with Crippen LogP contribution in [0.2, 0.25) is 0 Å². The molecule has 2 amide bonds. The van der Waals surface area contributed by atoms with Gasteiger partial charge in [-0.2, -0.15) is 0 Å². The Hall–Kier alpha value is -3.82. The first-order valence-corrected chi connectivity index (χ1v) is 12.6. The van der Waals surface area contributed by atoms with Crippen LogP contribution in [0.1, 0.15) is 20.7 Å². The molecule has 0 saturated heterocycles. The van der Waals surface area contributed by atoms with Crippen LogP contribution in [0.25, 0.3) is 0 Å². The van der Waals surface area contributed by atoms with Crippen LogP contribution in [-0.2, 0) is 0 Å². The largest absolute Gasteiger partial charge is 0.496 e. The number of hydrogen-bond acceptors (Lipinski definition) is 5. The Morgan fingerprint density at radius 1 is 0.595 bits per heavy atom. The van der Waals surface area contributed by atoms with Gasteiger partial charge in [-0.15, -0.1) is 0 Å². The van der Waals surface area contributed by atoms with Crippen molar-refractivity contribution in [2.24, 2.45) is 0 Å². The molecular formula is C28H22Br2N2O5. The first kappa shape index (κ1) is 26.2. The molecule has 4 aromatic carbocycles. The van der Waals surface area contributed by atoms with Gasteiger partial charge in [-0.3, -0.25) is 9.59 Å². The lowest BCUT2D eigenvalue weighted by Crippen LogP contribution is -2.12. The topological polar surface area (TPSA) is 85.9 Å². The average Bonchev–Trinajstić information content (AvgIpc) is 2.90. The van der Waals surface area contributed by atoms with Crippen molar-refractivity contribution < 1.29 is 23.8 Å². The number of amides is 2. The number of anilines is 2. The molecule has 0 atom stereocenters. The van der Waals surface area contributed by atoms with E-state index in [4.69, 9.17) is 14.2 Å². The number of hydrogen-bond donors (Lipinski definition) is 2. The lowest BCUT2D eigenvalue weighted by atomic mass is 10.2. The molecule has 0 aliphatic rings. The maximum Gasteiger partial charge on any atom is 0.255 e. The van der Waals surface area contributed by atoms with Crippen molar-refractivity contribution >= 4 is 55.0 Å². The standard InChI is InChI=1S/C28H22Br2N2O5/c1-35-25-13-3-17(15-23(25)29)27(33)31-19-5-9-21(10-6-19)37-22-11-7-20(8-12-22)32-28(34)18-4-14-26(36-2)24(30)16-18/h3-16H,1-2H3,(H,31,33)(H,32,34). The number of methoxy groups -OCH3 is 2. The van der Waals surface area contributed by atoms with E-state index in [1.807, 2.05) is 0 Å². The Morgan fingerprint density at radius 3 is 1.30 bits per heavy atom. The monoisotopic (exact) mass is 624 g/mol. The highest BCUT2D eigenvalue weighted by molar-refractivity contribution is 9.10. The summed E-state index contributed by atoms with van der Waals surface area (Å²) in [5, 5.41) is 5.71. The summed E-state index contributed by atoms with van der Waals surface area (Å²) in [7, 11) is 3.14. The van der Waals surface area contributed by atoms with E-state index in [1.165, 1.54) is 0 Å². The molecule has 0 saturated carbocycles. The van der Waals surface area contributed by atoms with Crippen molar-refractivity contribution in [3.8, 4) is 23.0 Å². The molecule has 4 rings (SSSR count). The van der Waals surface area contributed by atoms with Crippen LogP contribution < -0.4 is 24.8 Å². The maximum absolute atomic E-state index is 12.5. The fourth-order valence-corrected chi connectivity index (χ4v) is 4.45. The number of halogens is 2. The van der Waals surface area contributed by atoms with Gasteiger partial charge in [-0.25, -0.2) is 0 Å². The number of carbonyl (C=O) groups is 2. The second-order valence-corrected chi connectivity index (χ2v) is 9.47. The fraction of sp³-hybridized carbons (Fsp3) is 0.0714. The van der Waals surface area contributed by atoms with Gasteiger partial charge >= 0.3 is 0 Å². The van der Waals surface area contributed by atoms with E-state index in [0.717, 1.165) is 0 Å². The molecule has 4 aromatic rings. The zero-order chi connectivity index (χ0) is 26.4. The highest BCUT2D eigenvalue weighted by Gasteiger charge is 2.11. The molecule has 0 fully saturated rings. The molecule has 7 nitrogen and oxygen atoms in total. The molecular weight excluding hydrogens is 604 g/mol. The van der Waals surface area contributed by atoms with Gasteiger partial charge in [-0.05, 0) is 117 Å². The second-order valence-electron chi connectivity index (χ2n) is 7.76. The third-order valence-electron chi connectivity index (χ3n) is 5.29. The summed E-state index contributed by atoms with van der Waals surface area (Å²) >= 11 is 6.78. The van der Waals surface area contributed by atoms with Gasteiger partial charge in [0.05, 0.1) is 23.2 Å². The van der Waals surface area contributed by atoms with E-state index in [1.54, 1.807) is 99.1 Å². The summed E-state index contributed by atoms with van der Waals surface area (Å²) in [5.41, 5.74) is 2.26. The second kappa shape index (κ2) is 11.9. The van der Waals surface area contributed by atoms with E-state index in [2.05, 4.69) is 42.5 Å². The number of ether oxygens (including phenoxy) is 3. The molecule has 2 N–H and O–H groups in total. The Kier molecular flexibility index (Phi) is 8.47. The highest BCUT2D eigenvalue weighted by Crippen LogP contribution is 2.28. The van der Waals surface area contributed by atoms with Gasteiger partial charge in [-0.1, -0.05) is 0 Å². The fourth-order valence-electron chi connectivity index (χ4n) is 3.37. The molecule has 0 bridgehead atoms. The quantitative estimate of drug-likeness (QED) is 0.211. The van der Waals surface area contributed by atoms with Crippen molar-refractivity contribution in [3.05, 3.63) is 105 Å². The number of carbonyl (C=O) groups excluding carboxylic acids is 2. The van der Waals surface area contributed by atoms with Crippen LogP contribution in [0.5, 0.6) is 23.0 Å². The SMILES string of the molecule is COc1ccc(C(=O)Nc2ccc(Oc3ccc(NC(=O)c4ccc(OC)c(Br)c4)cc3)cc2)cc1Br. The minimum atomic E-state index is -0.239. The van der Waals surface area contributed by atoms with E-state index in [0.29, 0.717) is 54.4 Å². The van der Waals surface area contributed by atoms with Crippen LogP contribution in [0, 0.1) is 0 Å². The van der Waals surface area contributed by atoms with Gasteiger partial charge < -0.3 is 24.8 Å². The number of benzene rings is 4. The molecule has 188 valence electrons.